The first-order valence-electron chi connectivity index (χ1n) is 10.9. The molecule has 0 bridgehead atoms. The normalized spacial score (nSPS) is 24.7. The molecule has 1 aromatic carbocycles. The van der Waals surface area contributed by atoms with Crippen LogP contribution in [0.5, 0.6) is 0 Å². The van der Waals surface area contributed by atoms with E-state index in [1.54, 1.807) is 23.3 Å². The van der Waals surface area contributed by atoms with Crippen LogP contribution in [0.3, 0.4) is 0 Å². The summed E-state index contributed by atoms with van der Waals surface area (Å²) in [6.07, 6.45) is 9.99. The zero-order valence-corrected chi connectivity index (χ0v) is 17.2. The monoisotopic (exact) mass is 416 g/mol. The van der Waals surface area contributed by atoms with Crippen molar-refractivity contribution in [1.29, 1.82) is 0 Å². The van der Waals surface area contributed by atoms with E-state index in [0.717, 1.165) is 31.7 Å². The van der Waals surface area contributed by atoms with Gasteiger partial charge >= 0.3 is 0 Å². The van der Waals surface area contributed by atoms with Gasteiger partial charge in [0.15, 0.2) is 17.2 Å². The van der Waals surface area contributed by atoms with Crippen LogP contribution in [0.2, 0.25) is 0 Å². The van der Waals surface area contributed by atoms with Gasteiger partial charge in [-0.25, -0.2) is 9.67 Å². The second-order valence-corrected chi connectivity index (χ2v) is 8.45. The maximum atomic E-state index is 13.5. The number of fused-ring (bicyclic) bond motifs is 1. The van der Waals surface area contributed by atoms with Gasteiger partial charge in [-0.1, -0.05) is 30.3 Å². The van der Waals surface area contributed by atoms with Gasteiger partial charge in [0, 0.05) is 50.6 Å². The van der Waals surface area contributed by atoms with E-state index in [9.17, 15) is 4.79 Å². The third-order valence-corrected chi connectivity index (χ3v) is 6.76. The van der Waals surface area contributed by atoms with Gasteiger partial charge in [0.2, 0.25) is 0 Å². The molecule has 3 aromatic rings. The zero-order chi connectivity index (χ0) is 20.8. The Hall–Kier alpha value is -3.26. The molecule has 0 aliphatic carbocycles. The molecule has 1 spiro atoms. The fraction of sp³-hybridized carbons (Fsp3) is 0.391. The van der Waals surface area contributed by atoms with Crippen LogP contribution in [-0.4, -0.2) is 55.5 Å². The summed E-state index contributed by atoms with van der Waals surface area (Å²) in [7, 11) is 0. The van der Waals surface area contributed by atoms with Crippen LogP contribution in [-0.2, 0) is 9.53 Å². The second-order valence-electron chi connectivity index (χ2n) is 8.45. The Morgan fingerprint density at radius 2 is 1.84 bits per heavy atom. The number of rotatable bonds is 3. The van der Waals surface area contributed by atoms with Gasteiger partial charge < -0.3 is 14.5 Å². The highest BCUT2D eigenvalue weighted by Gasteiger charge is 2.57. The Morgan fingerprint density at radius 3 is 2.61 bits per heavy atom. The van der Waals surface area contributed by atoms with E-state index in [0.29, 0.717) is 18.7 Å². The molecule has 0 saturated carbocycles. The summed E-state index contributed by atoms with van der Waals surface area (Å²) in [4.78, 5) is 26.1. The van der Waals surface area contributed by atoms with Crippen molar-refractivity contribution in [2.45, 2.75) is 43.6 Å². The van der Waals surface area contributed by atoms with Gasteiger partial charge in [0.25, 0.3) is 5.91 Å². The molecule has 0 radical (unpaired) electrons. The summed E-state index contributed by atoms with van der Waals surface area (Å²) < 4.78 is 8.17. The summed E-state index contributed by atoms with van der Waals surface area (Å²) in [6, 6.07) is 12.4. The molecule has 2 atom stereocenters. The molecule has 6 rings (SSSR count). The lowest BCUT2D eigenvalue weighted by molar-refractivity contribution is -0.140. The quantitative estimate of drug-likeness (QED) is 0.654. The fourth-order valence-corrected chi connectivity index (χ4v) is 5.16. The molecule has 5 heterocycles. The summed E-state index contributed by atoms with van der Waals surface area (Å²) in [5.74, 6) is 1.73. The van der Waals surface area contributed by atoms with Gasteiger partial charge in [-0.05, 0) is 18.4 Å². The van der Waals surface area contributed by atoms with E-state index in [1.807, 2.05) is 35.4 Å². The van der Waals surface area contributed by atoms with Crippen LogP contribution in [0, 0.1) is 0 Å². The fourth-order valence-electron chi connectivity index (χ4n) is 5.16. The maximum Gasteiger partial charge on any atom is 0.257 e. The predicted octanol–water partition coefficient (Wildman–Crippen LogP) is 2.72. The van der Waals surface area contributed by atoms with Crippen molar-refractivity contribution in [2.75, 3.05) is 18.0 Å². The van der Waals surface area contributed by atoms with E-state index in [1.165, 1.54) is 5.56 Å². The van der Waals surface area contributed by atoms with Crippen LogP contribution in [0.1, 0.15) is 37.3 Å². The SMILES string of the molecule is O=C1N2[C@@H](CC[C@H]2c2ccccc2)OC12CCN(c1ccn(-c3cnccn3)n1)CC2. The first-order chi connectivity index (χ1) is 15.2. The molecule has 3 aliphatic rings. The lowest BCUT2D eigenvalue weighted by Crippen LogP contribution is -2.50. The first-order valence-corrected chi connectivity index (χ1v) is 10.9. The number of aromatic nitrogens is 4. The van der Waals surface area contributed by atoms with E-state index >= 15 is 0 Å². The highest BCUT2D eigenvalue weighted by molar-refractivity contribution is 5.88. The number of amides is 1. The van der Waals surface area contributed by atoms with E-state index in [-0.39, 0.29) is 18.2 Å². The van der Waals surface area contributed by atoms with Crippen molar-refractivity contribution < 1.29 is 9.53 Å². The summed E-state index contributed by atoms with van der Waals surface area (Å²) >= 11 is 0. The standard InChI is InChI=1S/C23H24N6O2/c30-22-23(31-21-7-6-18(29(21)22)17-4-2-1-3-5-17)9-14-27(15-10-23)19-8-13-28(26-19)20-16-24-11-12-25-20/h1-5,8,11-13,16,18,21H,6-7,9-10,14-15H2/t18-,21+/m0/s1. The number of hydrogen-bond donors (Lipinski definition) is 0. The number of piperidine rings is 1. The molecule has 3 saturated heterocycles. The third kappa shape index (κ3) is 3.01. The molecule has 2 aromatic heterocycles. The Morgan fingerprint density at radius 1 is 1.00 bits per heavy atom. The van der Waals surface area contributed by atoms with Crippen LogP contribution in [0.4, 0.5) is 5.82 Å². The molecule has 158 valence electrons. The molecule has 8 heteroatoms. The number of carbonyl (C=O) groups is 1. The minimum absolute atomic E-state index is 0.0971. The molecule has 31 heavy (non-hydrogen) atoms. The summed E-state index contributed by atoms with van der Waals surface area (Å²) in [5, 5.41) is 4.65. The lowest BCUT2D eigenvalue weighted by Gasteiger charge is -2.37. The Kier molecular flexibility index (Phi) is 4.27. The largest absolute Gasteiger partial charge is 0.355 e. The number of anilines is 1. The van der Waals surface area contributed by atoms with Gasteiger partial charge in [0.05, 0.1) is 12.2 Å². The minimum Gasteiger partial charge on any atom is -0.355 e. The molecule has 1 amide bonds. The van der Waals surface area contributed by atoms with Crippen LogP contribution in [0.15, 0.2) is 61.2 Å². The number of ether oxygens (including phenoxy) is 1. The van der Waals surface area contributed by atoms with E-state index < -0.39 is 5.60 Å². The van der Waals surface area contributed by atoms with Crippen molar-refractivity contribution in [1.82, 2.24) is 24.6 Å². The van der Waals surface area contributed by atoms with Crippen LogP contribution < -0.4 is 4.90 Å². The first kappa shape index (κ1) is 18.5. The Bertz CT molecular complexity index is 1080. The zero-order valence-electron chi connectivity index (χ0n) is 17.2. The number of nitrogens with zero attached hydrogens (tertiary/aromatic N) is 6. The highest BCUT2D eigenvalue weighted by atomic mass is 16.6. The van der Waals surface area contributed by atoms with E-state index in [2.05, 4.69) is 32.1 Å². The minimum atomic E-state index is -0.692. The number of carbonyl (C=O) groups excluding carboxylic acids is 1. The van der Waals surface area contributed by atoms with Crippen molar-refractivity contribution in [3.05, 3.63) is 66.7 Å². The highest BCUT2D eigenvalue weighted by Crippen LogP contribution is 2.47. The smallest absolute Gasteiger partial charge is 0.257 e. The third-order valence-electron chi connectivity index (χ3n) is 6.76. The molecule has 8 nitrogen and oxygen atoms in total. The number of benzene rings is 1. The molecule has 0 unspecified atom stereocenters. The summed E-state index contributed by atoms with van der Waals surface area (Å²) in [6.45, 7) is 1.47. The molecular weight excluding hydrogens is 392 g/mol. The average Bonchev–Trinajstić information content (AvgIpc) is 3.53. The molecule has 3 aliphatic heterocycles. The molecule has 0 N–H and O–H groups in total. The van der Waals surface area contributed by atoms with Gasteiger partial charge in [0.1, 0.15) is 6.23 Å². The van der Waals surface area contributed by atoms with Crippen molar-refractivity contribution >= 4 is 11.7 Å². The van der Waals surface area contributed by atoms with Gasteiger partial charge in [-0.15, -0.1) is 5.10 Å². The van der Waals surface area contributed by atoms with Crippen molar-refractivity contribution in [2.24, 2.45) is 0 Å². The Labute approximate surface area is 180 Å². The molecule has 3 fully saturated rings. The lowest BCUT2D eigenvalue weighted by atomic mass is 9.89. The number of hydrogen-bond acceptors (Lipinski definition) is 6. The topological polar surface area (TPSA) is 76.4 Å². The second kappa shape index (κ2) is 7.16. The van der Waals surface area contributed by atoms with Crippen LogP contribution in [0.25, 0.3) is 5.82 Å². The van der Waals surface area contributed by atoms with Crippen molar-refractivity contribution in [3.63, 3.8) is 0 Å². The maximum absolute atomic E-state index is 13.5. The van der Waals surface area contributed by atoms with Gasteiger partial charge in [-0.3, -0.25) is 9.78 Å². The summed E-state index contributed by atoms with van der Waals surface area (Å²) in [5.41, 5.74) is 0.508. The van der Waals surface area contributed by atoms with Gasteiger partial charge in [-0.2, -0.15) is 0 Å². The van der Waals surface area contributed by atoms with E-state index in [4.69, 9.17) is 4.74 Å². The predicted molar refractivity (Wildman–Crippen MR) is 113 cm³/mol. The molecular formula is C23H24N6O2. The van der Waals surface area contributed by atoms with Crippen LogP contribution >= 0.6 is 0 Å². The Balaban J connectivity index is 1.17. The average molecular weight is 416 g/mol. The van der Waals surface area contributed by atoms with Crippen molar-refractivity contribution in [3.8, 4) is 5.82 Å².